The van der Waals surface area contributed by atoms with Gasteiger partial charge in [-0.25, -0.2) is 0 Å². The molecule has 1 fully saturated rings. The quantitative estimate of drug-likeness (QED) is 0.446. The Morgan fingerprint density at radius 3 is 2.33 bits per heavy atom. The van der Waals surface area contributed by atoms with Gasteiger partial charge in [-0.05, 0) is 0 Å². The van der Waals surface area contributed by atoms with E-state index >= 15 is 0 Å². The van der Waals surface area contributed by atoms with Crippen molar-refractivity contribution in [1.82, 2.24) is 0 Å². The molecular weight excluding hydrogens is 70.9 g/mol. The fourth-order valence-electron chi connectivity index (χ4n) is 0.815. The fourth-order valence-corrected chi connectivity index (χ4v) is 0.815. The van der Waals surface area contributed by atoms with Crippen LogP contribution in [0.5, 0.6) is 0 Å². The normalized spacial score (nSPS) is 18.5. The molecule has 1 saturated heterocycles. The first kappa shape index (κ1) is 4.23. The zero-order chi connectivity index (χ0) is 4.41. The van der Waals surface area contributed by atoms with Crippen LogP contribution in [0.3, 0.4) is 0 Å². The van der Waals surface area contributed by atoms with Crippen LogP contribution in [0, 0.1) is 0 Å². The van der Waals surface area contributed by atoms with Gasteiger partial charge in [-0.1, -0.05) is 32.3 Å². The van der Waals surface area contributed by atoms with Gasteiger partial charge in [-0.15, -0.1) is 0 Å². The molecule has 0 nitrogen and oxygen atoms in total. The summed E-state index contributed by atoms with van der Waals surface area (Å²) in [6.07, 6.45) is 5.92. The molecule has 1 rings (SSSR count). The highest BCUT2D eigenvalue weighted by Gasteiger charge is 2.23. The first-order chi connectivity index (χ1) is 2.93. The Morgan fingerprint density at radius 1 is 1.50 bits per heavy atom. The molecular formula is C5H11B. The van der Waals surface area contributed by atoms with Gasteiger partial charge in [0.05, 0.1) is 0 Å². The summed E-state index contributed by atoms with van der Waals surface area (Å²) in [6.45, 7) is 3.41. The van der Waals surface area contributed by atoms with E-state index in [0.29, 0.717) is 0 Å². The van der Waals surface area contributed by atoms with Crippen LogP contribution in [0.15, 0.2) is 0 Å². The van der Waals surface area contributed by atoms with Crippen LogP contribution >= 0.6 is 0 Å². The minimum absolute atomic E-state index is 1.15. The zero-order valence-corrected chi connectivity index (χ0v) is 4.41. The third-order valence-electron chi connectivity index (χ3n) is 1.39. The molecule has 0 saturated carbocycles. The topological polar surface area (TPSA) is 0 Å². The Morgan fingerprint density at radius 2 is 2.17 bits per heavy atom. The first-order valence-electron chi connectivity index (χ1n) is 2.93. The molecule has 0 spiro atoms. The van der Waals surface area contributed by atoms with Gasteiger partial charge in [-0.2, -0.15) is 0 Å². The average Bonchev–Trinajstić information content (AvgIpc) is 2.21. The van der Waals surface area contributed by atoms with Crippen molar-refractivity contribution < 1.29 is 0 Å². The molecule has 0 bridgehead atoms. The SMILES string of the molecule is CCCB1CC1. The van der Waals surface area contributed by atoms with Crippen molar-refractivity contribution >= 4 is 6.71 Å². The zero-order valence-electron chi connectivity index (χ0n) is 4.41. The Labute approximate surface area is 40.0 Å². The predicted octanol–water partition coefficient (Wildman–Crippen LogP) is 1.90. The first-order valence-corrected chi connectivity index (χ1v) is 2.93. The Bertz CT molecular complexity index is 39.2. The second kappa shape index (κ2) is 1.68. The van der Waals surface area contributed by atoms with Gasteiger partial charge >= 0.3 is 0 Å². The van der Waals surface area contributed by atoms with Crippen molar-refractivity contribution in [2.75, 3.05) is 0 Å². The summed E-state index contributed by atoms with van der Waals surface area (Å²) in [4.78, 5) is 0. The largest absolute Gasteiger partial charge is 0.138 e. The Hall–Kier alpha value is 0.0649. The van der Waals surface area contributed by atoms with Crippen molar-refractivity contribution in [3.63, 3.8) is 0 Å². The maximum atomic E-state index is 2.26. The van der Waals surface area contributed by atoms with Gasteiger partial charge in [0.15, 0.2) is 0 Å². The van der Waals surface area contributed by atoms with Crippen LogP contribution in [0.2, 0.25) is 19.0 Å². The summed E-state index contributed by atoms with van der Waals surface area (Å²) in [5, 5.41) is 0. The van der Waals surface area contributed by atoms with Gasteiger partial charge < -0.3 is 0 Å². The molecule has 1 heterocycles. The molecule has 6 heavy (non-hydrogen) atoms. The molecule has 1 aliphatic rings. The van der Waals surface area contributed by atoms with Crippen molar-refractivity contribution in [3.8, 4) is 0 Å². The smallest absolute Gasteiger partial charge is 0.0806 e. The highest BCUT2D eigenvalue weighted by atomic mass is 13.9. The van der Waals surface area contributed by atoms with E-state index in [0.717, 1.165) is 6.71 Å². The van der Waals surface area contributed by atoms with Gasteiger partial charge in [-0.3, -0.25) is 0 Å². The Kier molecular flexibility index (Phi) is 1.18. The lowest BCUT2D eigenvalue weighted by atomic mass is 9.67. The van der Waals surface area contributed by atoms with E-state index < -0.39 is 0 Å². The summed E-state index contributed by atoms with van der Waals surface area (Å²) in [7, 11) is 0. The molecule has 0 aromatic carbocycles. The van der Waals surface area contributed by atoms with Gasteiger partial charge in [0.1, 0.15) is 6.71 Å². The lowest BCUT2D eigenvalue weighted by molar-refractivity contribution is 1.07. The van der Waals surface area contributed by atoms with Crippen LogP contribution in [-0.2, 0) is 0 Å². The summed E-state index contributed by atoms with van der Waals surface area (Å²) < 4.78 is 0. The fraction of sp³-hybridized carbons (Fsp3) is 1.00. The van der Waals surface area contributed by atoms with E-state index in [1.807, 2.05) is 0 Å². The van der Waals surface area contributed by atoms with E-state index in [4.69, 9.17) is 0 Å². The third kappa shape index (κ3) is 1.04. The van der Waals surface area contributed by atoms with E-state index in [-0.39, 0.29) is 0 Å². The van der Waals surface area contributed by atoms with Gasteiger partial charge in [0.2, 0.25) is 0 Å². The molecule has 0 radical (unpaired) electrons. The molecule has 0 atom stereocenters. The van der Waals surface area contributed by atoms with E-state index in [1.54, 1.807) is 0 Å². The number of rotatable bonds is 2. The van der Waals surface area contributed by atoms with Crippen LogP contribution in [0.1, 0.15) is 13.3 Å². The maximum Gasteiger partial charge on any atom is 0.138 e. The summed E-state index contributed by atoms with van der Waals surface area (Å²) in [5.41, 5.74) is 0. The summed E-state index contributed by atoms with van der Waals surface area (Å²) >= 11 is 0. The van der Waals surface area contributed by atoms with Crippen molar-refractivity contribution in [2.45, 2.75) is 32.3 Å². The van der Waals surface area contributed by atoms with Crippen LogP contribution in [0.25, 0.3) is 0 Å². The average molecular weight is 82.0 g/mol. The second-order valence-corrected chi connectivity index (χ2v) is 2.23. The molecule has 1 aliphatic heterocycles. The molecule has 0 aliphatic carbocycles. The van der Waals surface area contributed by atoms with Crippen LogP contribution < -0.4 is 0 Å². The maximum absolute atomic E-state index is 2.26. The monoisotopic (exact) mass is 82.1 g/mol. The highest BCUT2D eigenvalue weighted by Crippen LogP contribution is 2.25. The number of hydrogen-bond acceptors (Lipinski definition) is 0. The molecule has 0 N–H and O–H groups in total. The van der Waals surface area contributed by atoms with E-state index in [2.05, 4.69) is 6.92 Å². The summed E-state index contributed by atoms with van der Waals surface area (Å²) in [5.74, 6) is 0. The van der Waals surface area contributed by atoms with Crippen LogP contribution in [-0.4, -0.2) is 6.71 Å². The molecule has 34 valence electrons. The molecule has 0 unspecified atom stereocenters. The lowest BCUT2D eigenvalue weighted by Gasteiger charge is -1.79. The molecule has 0 aromatic rings. The van der Waals surface area contributed by atoms with Gasteiger partial charge in [0.25, 0.3) is 0 Å². The Balaban J connectivity index is 1.88. The highest BCUT2D eigenvalue weighted by molar-refractivity contribution is 6.69. The molecule has 0 aromatic heterocycles. The predicted molar refractivity (Wildman–Crippen MR) is 30.5 cm³/mol. The molecule has 0 amide bonds. The number of hydrogen-bond donors (Lipinski definition) is 0. The van der Waals surface area contributed by atoms with E-state index in [9.17, 15) is 0 Å². The molecule has 1 heteroatoms. The van der Waals surface area contributed by atoms with Crippen LogP contribution in [0.4, 0.5) is 0 Å². The summed E-state index contributed by atoms with van der Waals surface area (Å²) in [6, 6.07) is 0. The van der Waals surface area contributed by atoms with Crippen molar-refractivity contribution in [3.05, 3.63) is 0 Å². The second-order valence-electron chi connectivity index (χ2n) is 2.23. The minimum atomic E-state index is 1.15. The minimum Gasteiger partial charge on any atom is -0.0806 e. The van der Waals surface area contributed by atoms with E-state index in [1.165, 1.54) is 25.4 Å². The third-order valence-corrected chi connectivity index (χ3v) is 1.39. The lowest BCUT2D eigenvalue weighted by Crippen LogP contribution is -1.80. The van der Waals surface area contributed by atoms with Crippen molar-refractivity contribution in [1.29, 1.82) is 0 Å². The standard InChI is InChI=1S/C5H11B/c1-2-3-6-4-5-6/h2-5H2,1H3. The van der Waals surface area contributed by atoms with Crippen molar-refractivity contribution in [2.24, 2.45) is 0 Å². The van der Waals surface area contributed by atoms with Gasteiger partial charge in [0, 0.05) is 0 Å².